The second kappa shape index (κ2) is 6.50. The van der Waals surface area contributed by atoms with Crippen molar-refractivity contribution in [2.75, 3.05) is 25.0 Å². The summed E-state index contributed by atoms with van der Waals surface area (Å²) in [7, 11) is -3.30. The van der Waals surface area contributed by atoms with Gasteiger partial charge in [0, 0.05) is 25.0 Å². The lowest BCUT2D eigenvalue weighted by Crippen LogP contribution is -2.45. The Morgan fingerprint density at radius 2 is 1.76 bits per heavy atom. The SMILES string of the molecule is CCN(CC)S(=O)(=O)NCC1(CBr)CCCC1. The maximum absolute atomic E-state index is 12.0. The summed E-state index contributed by atoms with van der Waals surface area (Å²) in [4.78, 5) is 0. The zero-order chi connectivity index (χ0) is 12.9. The first-order valence-corrected chi connectivity index (χ1v) is 8.86. The van der Waals surface area contributed by atoms with Crippen molar-refractivity contribution >= 4 is 26.1 Å². The molecular weight excluding hydrogens is 304 g/mol. The van der Waals surface area contributed by atoms with E-state index in [0.29, 0.717) is 19.6 Å². The quantitative estimate of drug-likeness (QED) is 0.728. The Kier molecular flexibility index (Phi) is 5.89. The highest BCUT2D eigenvalue weighted by molar-refractivity contribution is 9.09. The fourth-order valence-electron chi connectivity index (χ4n) is 2.38. The number of alkyl halides is 1. The molecule has 6 heteroatoms. The highest BCUT2D eigenvalue weighted by Gasteiger charge is 2.34. The van der Waals surface area contributed by atoms with Gasteiger partial charge in [-0.2, -0.15) is 12.7 Å². The number of rotatable bonds is 7. The van der Waals surface area contributed by atoms with E-state index in [1.807, 2.05) is 13.8 Å². The van der Waals surface area contributed by atoms with Crippen molar-refractivity contribution in [1.82, 2.24) is 9.03 Å². The Morgan fingerprint density at radius 3 is 2.18 bits per heavy atom. The fraction of sp³-hybridized carbons (Fsp3) is 1.00. The second-order valence-corrected chi connectivity index (χ2v) is 7.07. The zero-order valence-electron chi connectivity index (χ0n) is 10.7. The topological polar surface area (TPSA) is 49.4 Å². The normalized spacial score (nSPS) is 20.0. The third-order valence-electron chi connectivity index (χ3n) is 3.62. The average molecular weight is 327 g/mol. The van der Waals surface area contributed by atoms with Crippen molar-refractivity contribution in [3.63, 3.8) is 0 Å². The van der Waals surface area contributed by atoms with Gasteiger partial charge < -0.3 is 0 Å². The van der Waals surface area contributed by atoms with Crippen LogP contribution in [0.3, 0.4) is 0 Å². The van der Waals surface area contributed by atoms with Crippen LogP contribution < -0.4 is 4.72 Å². The zero-order valence-corrected chi connectivity index (χ0v) is 13.1. The minimum Gasteiger partial charge on any atom is -0.202 e. The lowest BCUT2D eigenvalue weighted by molar-refractivity contribution is 0.339. The summed E-state index contributed by atoms with van der Waals surface area (Å²) < 4.78 is 28.2. The Bertz CT molecular complexity index is 322. The first-order valence-electron chi connectivity index (χ1n) is 6.30. The molecule has 0 heterocycles. The molecule has 0 spiro atoms. The minimum atomic E-state index is -3.30. The average Bonchev–Trinajstić information content (AvgIpc) is 2.77. The fourth-order valence-corrected chi connectivity index (χ4v) is 4.49. The monoisotopic (exact) mass is 326 g/mol. The second-order valence-electron chi connectivity index (χ2n) is 4.75. The first kappa shape index (κ1) is 15.4. The lowest BCUT2D eigenvalue weighted by Gasteiger charge is -2.28. The van der Waals surface area contributed by atoms with Crippen molar-refractivity contribution in [3.05, 3.63) is 0 Å². The molecule has 0 bridgehead atoms. The highest BCUT2D eigenvalue weighted by Crippen LogP contribution is 2.39. The predicted molar refractivity (Wildman–Crippen MR) is 74.5 cm³/mol. The molecule has 0 saturated heterocycles. The molecule has 0 aromatic rings. The number of nitrogens with zero attached hydrogens (tertiary/aromatic N) is 1. The molecule has 0 unspecified atom stereocenters. The van der Waals surface area contributed by atoms with E-state index in [9.17, 15) is 8.42 Å². The maximum atomic E-state index is 12.0. The van der Waals surface area contributed by atoms with Gasteiger partial charge >= 0.3 is 0 Å². The van der Waals surface area contributed by atoms with Gasteiger partial charge in [-0.15, -0.1) is 0 Å². The van der Waals surface area contributed by atoms with Crippen LogP contribution in [0.15, 0.2) is 0 Å². The van der Waals surface area contributed by atoms with E-state index < -0.39 is 10.2 Å². The van der Waals surface area contributed by atoms with E-state index in [2.05, 4.69) is 20.7 Å². The molecule has 1 fully saturated rings. The molecule has 0 aromatic carbocycles. The first-order chi connectivity index (χ1) is 7.99. The van der Waals surface area contributed by atoms with Gasteiger partial charge in [0.1, 0.15) is 0 Å². The van der Waals surface area contributed by atoms with Crippen LogP contribution in [0.4, 0.5) is 0 Å². The number of hydrogen-bond acceptors (Lipinski definition) is 2. The van der Waals surface area contributed by atoms with Gasteiger partial charge in [0.15, 0.2) is 0 Å². The van der Waals surface area contributed by atoms with E-state index in [1.54, 1.807) is 0 Å². The van der Waals surface area contributed by atoms with Gasteiger partial charge in [-0.3, -0.25) is 0 Å². The molecule has 0 aromatic heterocycles. The molecule has 0 amide bonds. The van der Waals surface area contributed by atoms with Gasteiger partial charge in [-0.1, -0.05) is 42.6 Å². The summed E-state index contributed by atoms with van der Waals surface area (Å²) in [5.74, 6) is 0. The van der Waals surface area contributed by atoms with Crippen LogP contribution in [-0.2, 0) is 10.2 Å². The summed E-state index contributed by atoms with van der Waals surface area (Å²) in [6.07, 6.45) is 4.63. The molecule has 4 nitrogen and oxygen atoms in total. The third kappa shape index (κ3) is 3.91. The lowest BCUT2D eigenvalue weighted by atomic mass is 9.89. The number of nitrogens with one attached hydrogen (secondary N) is 1. The smallest absolute Gasteiger partial charge is 0.202 e. The molecule has 1 aliphatic carbocycles. The summed E-state index contributed by atoms with van der Waals surface area (Å²) in [6.45, 7) is 5.31. The summed E-state index contributed by atoms with van der Waals surface area (Å²) >= 11 is 3.52. The molecule has 1 rings (SSSR count). The molecule has 1 N–H and O–H groups in total. The Balaban J connectivity index is 2.59. The molecule has 17 heavy (non-hydrogen) atoms. The summed E-state index contributed by atoms with van der Waals surface area (Å²) in [5, 5.41) is 0.876. The van der Waals surface area contributed by atoms with Crippen molar-refractivity contribution in [3.8, 4) is 0 Å². The highest BCUT2D eigenvalue weighted by atomic mass is 79.9. The Labute approximate surface area is 113 Å². The minimum absolute atomic E-state index is 0.125. The van der Waals surface area contributed by atoms with Gasteiger partial charge in [0.25, 0.3) is 10.2 Å². The molecule has 102 valence electrons. The Morgan fingerprint density at radius 1 is 1.24 bits per heavy atom. The van der Waals surface area contributed by atoms with E-state index in [-0.39, 0.29) is 5.41 Å². The maximum Gasteiger partial charge on any atom is 0.279 e. The van der Waals surface area contributed by atoms with E-state index >= 15 is 0 Å². The summed E-state index contributed by atoms with van der Waals surface area (Å²) in [6, 6.07) is 0. The molecule has 0 aliphatic heterocycles. The van der Waals surface area contributed by atoms with E-state index in [0.717, 1.165) is 18.2 Å². The van der Waals surface area contributed by atoms with Crippen molar-refractivity contribution < 1.29 is 8.42 Å². The molecular formula is C11H23BrN2O2S. The van der Waals surface area contributed by atoms with Crippen molar-refractivity contribution in [1.29, 1.82) is 0 Å². The van der Waals surface area contributed by atoms with E-state index in [1.165, 1.54) is 17.1 Å². The standard InChI is InChI=1S/C11H23BrN2O2S/c1-3-14(4-2)17(15,16)13-10-11(9-12)7-5-6-8-11/h13H,3-10H2,1-2H3. The van der Waals surface area contributed by atoms with Crippen LogP contribution in [0.1, 0.15) is 39.5 Å². The number of halogens is 1. The van der Waals surface area contributed by atoms with Gasteiger partial charge in [-0.25, -0.2) is 4.72 Å². The van der Waals surface area contributed by atoms with Crippen LogP contribution in [-0.4, -0.2) is 37.7 Å². The van der Waals surface area contributed by atoms with Crippen molar-refractivity contribution in [2.45, 2.75) is 39.5 Å². The van der Waals surface area contributed by atoms with Crippen LogP contribution in [0.5, 0.6) is 0 Å². The van der Waals surface area contributed by atoms with Gasteiger partial charge in [0.05, 0.1) is 0 Å². The molecule has 1 aliphatic rings. The summed E-state index contributed by atoms with van der Waals surface area (Å²) in [5.41, 5.74) is 0.125. The largest absolute Gasteiger partial charge is 0.279 e. The van der Waals surface area contributed by atoms with Gasteiger partial charge in [0.2, 0.25) is 0 Å². The van der Waals surface area contributed by atoms with Crippen LogP contribution in [0.2, 0.25) is 0 Å². The van der Waals surface area contributed by atoms with Crippen LogP contribution in [0, 0.1) is 5.41 Å². The molecule has 0 radical (unpaired) electrons. The third-order valence-corrected chi connectivity index (χ3v) is 6.52. The predicted octanol–water partition coefficient (Wildman–Crippen LogP) is 2.12. The molecule has 1 saturated carbocycles. The number of hydrogen-bond donors (Lipinski definition) is 1. The van der Waals surface area contributed by atoms with Crippen LogP contribution in [0.25, 0.3) is 0 Å². The Hall–Kier alpha value is 0.350. The van der Waals surface area contributed by atoms with Crippen molar-refractivity contribution in [2.24, 2.45) is 5.41 Å². The van der Waals surface area contributed by atoms with E-state index in [4.69, 9.17) is 0 Å². The van der Waals surface area contributed by atoms with Crippen LogP contribution >= 0.6 is 15.9 Å². The van der Waals surface area contributed by atoms with Gasteiger partial charge in [-0.05, 0) is 18.3 Å². The molecule has 0 atom stereocenters.